The number of aryl methyl sites for hydroxylation is 2. The third kappa shape index (κ3) is 3.96. The van der Waals surface area contributed by atoms with E-state index in [9.17, 15) is 4.79 Å². The molecule has 1 fully saturated rings. The molecule has 9 heteroatoms. The molecule has 5 rings (SSSR count). The molecule has 1 amide bonds. The summed E-state index contributed by atoms with van der Waals surface area (Å²) in [5.41, 5.74) is 2.34. The molecule has 0 unspecified atom stereocenters. The quantitative estimate of drug-likeness (QED) is 0.479. The molecule has 1 saturated heterocycles. The second-order valence-corrected chi connectivity index (χ2v) is 8.65. The Bertz CT molecular complexity index is 1270. The van der Waals surface area contributed by atoms with Crippen LogP contribution in [0.2, 0.25) is 0 Å². The van der Waals surface area contributed by atoms with E-state index in [1.807, 2.05) is 56.3 Å². The van der Waals surface area contributed by atoms with Crippen LogP contribution in [0.25, 0.3) is 11.0 Å². The molecule has 1 aliphatic heterocycles. The van der Waals surface area contributed by atoms with Gasteiger partial charge < -0.3 is 19.4 Å². The van der Waals surface area contributed by atoms with E-state index < -0.39 is 0 Å². The Balaban J connectivity index is 1.33. The van der Waals surface area contributed by atoms with E-state index in [4.69, 9.17) is 9.15 Å². The summed E-state index contributed by atoms with van der Waals surface area (Å²) < 4.78 is 11.8. The number of rotatable bonds is 5. The smallest absolute Gasteiger partial charge is 0.290 e. The molecule has 32 heavy (non-hydrogen) atoms. The van der Waals surface area contributed by atoms with Crippen LogP contribution in [0.3, 0.4) is 0 Å². The molecule has 8 nitrogen and oxygen atoms in total. The number of hydrogen-bond acceptors (Lipinski definition) is 8. The predicted molar refractivity (Wildman–Crippen MR) is 122 cm³/mol. The largest absolute Gasteiger partial charge is 0.451 e. The summed E-state index contributed by atoms with van der Waals surface area (Å²) in [6.07, 6.45) is 0.525. The lowest BCUT2D eigenvalue weighted by molar-refractivity contribution is -0.0255. The lowest BCUT2D eigenvalue weighted by Crippen LogP contribution is -2.42. The maximum Gasteiger partial charge on any atom is 0.290 e. The lowest BCUT2D eigenvalue weighted by Gasteiger charge is -2.32. The molecule has 1 aliphatic rings. The average molecular weight is 450 g/mol. The van der Waals surface area contributed by atoms with Crippen molar-refractivity contribution in [1.82, 2.24) is 20.1 Å². The van der Waals surface area contributed by atoms with Crippen molar-refractivity contribution in [2.24, 2.45) is 0 Å². The van der Waals surface area contributed by atoms with Crippen LogP contribution >= 0.6 is 11.3 Å². The van der Waals surface area contributed by atoms with Gasteiger partial charge in [0.1, 0.15) is 22.5 Å². The van der Waals surface area contributed by atoms with E-state index >= 15 is 0 Å². The van der Waals surface area contributed by atoms with Gasteiger partial charge in [0.25, 0.3) is 5.91 Å². The maximum absolute atomic E-state index is 13.2. The van der Waals surface area contributed by atoms with Gasteiger partial charge in [-0.2, -0.15) is 0 Å². The number of ether oxygens (including phenoxy) is 1. The van der Waals surface area contributed by atoms with Crippen LogP contribution in [0.4, 0.5) is 10.9 Å². The number of nitrogens with one attached hydrogen (secondary N) is 1. The summed E-state index contributed by atoms with van der Waals surface area (Å²) in [4.78, 5) is 19.7. The van der Waals surface area contributed by atoms with Crippen LogP contribution in [0.15, 0.2) is 46.9 Å². The molecular formula is C23H23N5O3S. The Labute approximate surface area is 189 Å². The number of hydrogen-bond donors (Lipinski definition) is 1. The van der Waals surface area contributed by atoms with Crippen molar-refractivity contribution < 1.29 is 13.9 Å². The van der Waals surface area contributed by atoms with Gasteiger partial charge in [-0.3, -0.25) is 4.79 Å². The number of carbonyl (C=O) groups excluding carboxylic acids is 1. The normalized spacial score (nSPS) is 16.4. The predicted octanol–water partition coefficient (Wildman–Crippen LogP) is 4.51. The van der Waals surface area contributed by atoms with Crippen LogP contribution in [0.5, 0.6) is 0 Å². The molecule has 3 aromatic heterocycles. The highest BCUT2D eigenvalue weighted by molar-refractivity contribution is 7.15. The van der Waals surface area contributed by atoms with Gasteiger partial charge in [0.05, 0.1) is 18.8 Å². The number of amides is 1. The zero-order valence-corrected chi connectivity index (χ0v) is 18.7. The fourth-order valence-corrected chi connectivity index (χ4v) is 4.48. The van der Waals surface area contributed by atoms with E-state index in [1.54, 1.807) is 4.90 Å². The Kier molecular flexibility index (Phi) is 5.59. The van der Waals surface area contributed by atoms with Crippen LogP contribution in [0.1, 0.15) is 39.8 Å². The monoisotopic (exact) mass is 449 g/mol. The first-order valence-electron chi connectivity index (χ1n) is 10.6. The topological polar surface area (TPSA) is 93.4 Å². The number of furan rings is 1. The molecule has 0 saturated carbocycles. The average Bonchev–Trinajstić information content (AvgIpc) is 3.43. The third-order valence-corrected chi connectivity index (χ3v) is 6.48. The van der Waals surface area contributed by atoms with Gasteiger partial charge in [-0.15, -0.1) is 10.2 Å². The number of pyridine rings is 1. The minimum absolute atomic E-state index is 0.123. The van der Waals surface area contributed by atoms with Gasteiger partial charge in [-0.25, -0.2) is 4.98 Å². The summed E-state index contributed by atoms with van der Waals surface area (Å²) in [7, 11) is 0. The number of morpholine rings is 1. The molecule has 0 aliphatic carbocycles. The Hall–Kier alpha value is -3.30. The summed E-state index contributed by atoms with van der Waals surface area (Å²) in [5.74, 6) is 0.932. The number of fused-ring (bicyclic) bond motifs is 1. The van der Waals surface area contributed by atoms with E-state index in [-0.39, 0.29) is 12.0 Å². The molecule has 1 aromatic carbocycles. The van der Waals surface area contributed by atoms with Gasteiger partial charge in [-0.1, -0.05) is 42.5 Å². The van der Waals surface area contributed by atoms with Gasteiger partial charge in [0.15, 0.2) is 5.76 Å². The summed E-state index contributed by atoms with van der Waals surface area (Å²) in [6, 6.07) is 13.4. The van der Waals surface area contributed by atoms with Crippen LogP contribution in [-0.2, 0) is 11.2 Å². The standard InChI is InChI=1S/C23H23N5O3S/c1-3-20-26-27-23(32-20)25-19-10-6-8-16(24-19)18-13-28(11-12-30-18)22(29)21-14(2)15-7-4-5-9-17(15)31-21/h4-10,18H,3,11-13H2,1-2H3,(H,24,25,27)/t18-/m1/s1. The SMILES string of the molecule is CCc1nnc(Nc2cccc([C@H]3CN(C(=O)c4oc5ccccc5c4C)CCO3)n2)s1. The van der Waals surface area contributed by atoms with Gasteiger partial charge in [0, 0.05) is 17.5 Å². The third-order valence-electron chi connectivity index (χ3n) is 5.50. The summed E-state index contributed by atoms with van der Waals surface area (Å²) in [6.45, 7) is 5.32. The molecule has 4 aromatic rings. The Morgan fingerprint density at radius 3 is 2.91 bits per heavy atom. The van der Waals surface area contributed by atoms with E-state index in [0.29, 0.717) is 36.4 Å². The van der Waals surface area contributed by atoms with Crippen molar-refractivity contribution in [1.29, 1.82) is 0 Å². The minimum atomic E-state index is -0.320. The summed E-state index contributed by atoms with van der Waals surface area (Å²) >= 11 is 1.51. The molecule has 4 heterocycles. The first kappa shape index (κ1) is 20.6. The van der Waals surface area contributed by atoms with Gasteiger partial charge >= 0.3 is 0 Å². The van der Waals surface area contributed by atoms with Crippen molar-refractivity contribution in [3.8, 4) is 0 Å². The fourth-order valence-electron chi connectivity index (χ4n) is 3.79. The Morgan fingerprint density at radius 2 is 2.09 bits per heavy atom. The molecule has 0 radical (unpaired) electrons. The summed E-state index contributed by atoms with van der Waals surface area (Å²) in [5, 5.41) is 14.1. The van der Waals surface area contributed by atoms with Crippen LogP contribution < -0.4 is 5.32 Å². The highest BCUT2D eigenvalue weighted by atomic mass is 32.1. The van der Waals surface area contributed by atoms with Gasteiger partial charge in [0.2, 0.25) is 5.13 Å². The van der Waals surface area contributed by atoms with Gasteiger partial charge in [-0.05, 0) is 31.5 Å². The Morgan fingerprint density at radius 1 is 1.22 bits per heavy atom. The van der Waals surface area contributed by atoms with Crippen molar-refractivity contribution >= 4 is 39.2 Å². The molecule has 164 valence electrons. The zero-order valence-electron chi connectivity index (χ0n) is 17.9. The van der Waals surface area contributed by atoms with E-state index in [0.717, 1.165) is 33.7 Å². The van der Waals surface area contributed by atoms with E-state index in [2.05, 4.69) is 20.5 Å². The highest BCUT2D eigenvalue weighted by Gasteiger charge is 2.30. The number of nitrogens with zero attached hydrogens (tertiary/aromatic N) is 4. The zero-order chi connectivity index (χ0) is 22.1. The first-order chi connectivity index (χ1) is 15.6. The lowest BCUT2D eigenvalue weighted by atomic mass is 10.1. The number of anilines is 2. The fraction of sp³-hybridized carbons (Fsp3) is 0.304. The van der Waals surface area contributed by atoms with Crippen LogP contribution in [0, 0.1) is 6.92 Å². The van der Waals surface area contributed by atoms with Crippen molar-refractivity contribution in [3.63, 3.8) is 0 Å². The second kappa shape index (κ2) is 8.68. The van der Waals surface area contributed by atoms with Crippen molar-refractivity contribution in [2.75, 3.05) is 25.0 Å². The number of carbonyl (C=O) groups is 1. The minimum Gasteiger partial charge on any atom is -0.451 e. The van der Waals surface area contributed by atoms with Crippen molar-refractivity contribution in [3.05, 3.63) is 64.5 Å². The van der Waals surface area contributed by atoms with Crippen molar-refractivity contribution in [2.45, 2.75) is 26.4 Å². The molecule has 1 atom stereocenters. The molecule has 1 N–H and O–H groups in total. The van der Waals surface area contributed by atoms with Crippen LogP contribution in [-0.4, -0.2) is 45.7 Å². The molecular weight excluding hydrogens is 426 g/mol. The first-order valence-corrected chi connectivity index (χ1v) is 11.4. The second-order valence-electron chi connectivity index (χ2n) is 7.59. The maximum atomic E-state index is 13.2. The highest BCUT2D eigenvalue weighted by Crippen LogP contribution is 2.29. The number of para-hydroxylation sites is 1. The molecule has 0 bridgehead atoms. The number of aromatic nitrogens is 3. The molecule has 0 spiro atoms. The number of benzene rings is 1. The van der Waals surface area contributed by atoms with E-state index in [1.165, 1.54) is 11.3 Å².